The zero-order valence-electron chi connectivity index (χ0n) is 11.2. The van der Waals surface area contributed by atoms with E-state index in [0.717, 1.165) is 12.8 Å². The Bertz CT molecular complexity index is 451. The van der Waals surface area contributed by atoms with Crippen LogP contribution in [-0.2, 0) is 14.8 Å². The largest absolute Gasteiger partial charge is 0.481 e. The number of amides is 2. The van der Waals surface area contributed by atoms with Crippen LogP contribution in [0.1, 0.15) is 32.1 Å². The lowest BCUT2D eigenvalue weighted by Crippen LogP contribution is -2.49. The van der Waals surface area contributed by atoms with Crippen molar-refractivity contribution in [2.75, 3.05) is 12.3 Å². The average molecular weight is 307 g/mol. The monoisotopic (exact) mass is 307 g/mol. The van der Waals surface area contributed by atoms with Gasteiger partial charge in [0.2, 0.25) is 10.0 Å². The lowest BCUT2D eigenvalue weighted by molar-refractivity contribution is -0.143. The van der Waals surface area contributed by atoms with Gasteiger partial charge in [-0.3, -0.25) is 4.79 Å². The molecule has 2 unspecified atom stereocenters. The Hall–Kier alpha value is -1.35. The van der Waals surface area contributed by atoms with Crippen LogP contribution in [-0.4, -0.2) is 43.9 Å². The lowest BCUT2D eigenvalue weighted by atomic mass is 9.84. The molecule has 116 valence electrons. The molecule has 0 radical (unpaired) electrons. The highest BCUT2D eigenvalue weighted by Crippen LogP contribution is 2.24. The van der Waals surface area contributed by atoms with E-state index in [-0.39, 0.29) is 24.8 Å². The molecule has 0 bridgehead atoms. The predicted octanol–water partition coefficient (Wildman–Crippen LogP) is -0.392. The van der Waals surface area contributed by atoms with Crippen LogP contribution in [0.5, 0.6) is 0 Å². The number of sulfonamides is 1. The molecule has 1 saturated carbocycles. The first-order valence-electron chi connectivity index (χ1n) is 6.57. The van der Waals surface area contributed by atoms with Crippen molar-refractivity contribution >= 4 is 22.0 Å². The molecule has 0 saturated heterocycles. The maximum Gasteiger partial charge on any atom is 0.315 e. The maximum atomic E-state index is 11.6. The van der Waals surface area contributed by atoms with Gasteiger partial charge in [0, 0.05) is 12.6 Å². The number of rotatable bonds is 6. The number of nitrogens with two attached hydrogens (primary N) is 1. The first-order chi connectivity index (χ1) is 9.29. The van der Waals surface area contributed by atoms with Gasteiger partial charge in [-0.15, -0.1) is 0 Å². The van der Waals surface area contributed by atoms with E-state index in [9.17, 15) is 18.0 Å². The fourth-order valence-electron chi connectivity index (χ4n) is 2.29. The molecule has 5 N–H and O–H groups in total. The average Bonchev–Trinajstić information content (AvgIpc) is 2.34. The van der Waals surface area contributed by atoms with E-state index >= 15 is 0 Å². The van der Waals surface area contributed by atoms with Crippen molar-refractivity contribution in [2.24, 2.45) is 11.1 Å². The molecule has 2 amide bonds. The number of aliphatic carboxylic acids is 1. The second-order valence-corrected chi connectivity index (χ2v) is 6.69. The molecular formula is C11H21N3O5S. The molecule has 8 nitrogen and oxygen atoms in total. The van der Waals surface area contributed by atoms with Crippen LogP contribution in [0, 0.1) is 5.92 Å². The summed E-state index contributed by atoms with van der Waals surface area (Å²) in [5.74, 6) is -1.66. The van der Waals surface area contributed by atoms with Gasteiger partial charge in [0.25, 0.3) is 0 Å². The Labute approximate surface area is 118 Å². The summed E-state index contributed by atoms with van der Waals surface area (Å²) in [6, 6.07) is -0.850. The molecule has 20 heavy (non-hydrogen) atoms. The van der Waals surface area contributed by atoms with Crippen LogP contribution in [0.3, 0.4) is 0 Å². The minimum absolute atomic E-state index is 0.173. The number of carboxylic acid groups (broad SMARTS) is 1. The Balaban J connectivity index is 2.32. The van der Waals surface area contributed by atoms with E-state index in [4.69, 9.17) is 10.2 Å². The van der Waals surface area contributed by atoms with E-state index in [2.05, 4.69) is 10.6 Å². The lowest BCUT2D eigenvalue weighted by Gasteiger charge is -2.29. The number of carbonyl (C=O) groups is 2. The highest BCUT2D eigenvalue weighted by atomic mass is 32.2. The second-order valence-electron chi connectivity index (χ2n) is 4.96. The number of urea groups is 1. The number of primary sulfonamides is 1. The zero-order chi connectivity index (χ0) is 15.2. The van der Waals surface area contributed by atoms with E-state index < -0.39 is 27.9 Å². The van der Waals surface area contributed by atoms with Crippen molar-refractivity contribution in [1.29, 1.82) is 0 Å². The summed E-state index contributed by atoms with van der Waals surface area (Å²) in [6.45, 7) is 0.173. The zero-order valence-corrected chi connectivity index (χ0v) is 12.0. The van der Waals surface area contributed by atoms with Crippen molar-refractivity contribution in [3.8, 4) is 0 Å². The molecular weight excluding hydrogens is 286 g/mol. The predicted molar refractivity (Wildman–Crippen MR) is 72.5 cm³/mol. The normalized spacial score (nSPS) is 23.1. The van der Waals surface area contributed by atoms with Gasteiger partial charge in [-0.25, -0.2) is 18.4 Å². The molecule has 0 aromatic carbocycles. The van der Waals surface area contributed by atoms with Crippen molar-refractivity contribution < 1.29 is 23.1 Å². The number of hydrogen-bond donors (Lipinski definition) is 4. The minimum Gasteiger partial charge on any atom is -0.481 e. The minimum atomic E-state index is -3.52. The summed E-state index contributed by atoms with van der Waals surface area (Å²) in [5, 5.41) is 19.0. The van der Waals surface area contributed by atoms with E-state index in [1.165, 1.54) is 0 Å². The number of carbonyl (C=O) groups excluding carboxylic acids is 1. The summed E-state index contributed by atoms with van der Waals surface area (Å²) in [7, 11) is -3.52. The fraction of sp³-hybridized carbons (Fsp3) is 0.818. The first kappa shape index (κ1) is 16.7. The van der Waals surface area contributed by atoms with Crippen molar-refractivity contribution in [2.45, 2.75) is 38.1 Å². The van der Waals surface area contributed by atoms with E-state index in [1.807, 2.05) is 0 Å². The second kappa shape index (κ2) is 7.44. The SMILES string of the molecule is NS(=O)(=O)CCCNC(=O)NC1CCCCC1C(=O)O. The molecule has 1 fully saturated rings. The van der Waals surface area contributed by atoms with Crippen LogP contribution in [0.4, 0.5) is 4.79 Å². The van der Waals surface area contributed by atoms with Crippen LogP contribution < -0.4 is 15.8 Å². The highest BCUT2D eigenvalue weighted by Gasteiger charge is 2.31. The van der Waals surface area contributed by atoms with Crippen molar-refractivity contribution in [3.63, 3.8) is 0 Å². The molecule has 1 rings (SSSR count). The quantitative estimate of drug-likeness (QED) is 0.495. The fourth-order valence-corrected chi connectivity index (χ4v) is 2.84. The Morgan fingerprint density at radius 1 is 1.25 bits per heavy atom. The van der Waals surface area contributed by atoms with Crippen LogP contribution in [0.25, 0.3) is 0 Å². The van der Waals surface area contributed by atoms with Gasteiger partial charge >= 0.3 is 12.0 Å². The molecule has 0 spiro atoms. The van der Waals surface area contributed by atoms with Crippen molar-refractivity contribution in [1.82, 2.24) is 10.6 Å². The smallest absolute Gasteiger partial charge is 0.315 e. The van der Waals surface area contributed by atoms with Gasteiger partial charge in [-0.1, -0.05) is 12.8 Å². The first-order valence-corrected chi connectivity index (χ1v) is 8.29. The summed E-state index contributed by atoms with van der Waals surface area (Å²) in [4.78, 5) is 22.7. The molecule has 0 aromatic heterocycles. The summed E-state index contributed by atoms with van der Waals surface area (Å²) in [6.07, 6.45) is 3.16. The van der Waals surface area contributed by atoms with Gasteiger partial charge in [0.05, 0.1) is 11.7 Å². The van der Waals surface area contributed by atoms with Gasteiger partial charge in [-0.2, -0.15) is 0 Å². The number of nitrogens with one attached hydrogen (secondary N) is 2. The molecule has 0 aliphatic heterocycles. The molecule has 2 atom stereocenters. The molecule has 1 aliphatic carbocycles. The molecule has 9 heteroatoms. The summed E-state index contributed by atoms with van der Waals surface area (Å²) < 4.78 is 21.4. The van der Waals surface area contributed by atoms with E-state index in [0.29, 0.717) is 12.8 Å². The summed E-state index contributed by atoms with van der Waals surface area (Å²) in [5.41, 5.74) is 0. The third-order valence-electron chi connectivity index (χ3n) is 3.29. The highest BCUT2D eigenvalue weighted by molar-refractivity contribution is 7.89. The maximum absolute atomic E-state index is 11.6. The number of carboxylic acids is 1. The van der Waals surface area contributed by atoms with Gasteiger partial charge in [-0.05, 0) is 19.3 Å². The van der Waals surface area contributed by atoms with Gasteiger partial charge in [0.1, 0.15) is 0 Å². The molecule has 1 aliphatic rings. The standard InChI is InChI=1S/C11H21N3O5S/c12-20(18,19)7-3-6-13-11(17)14-9-5-2-1-4-8(9)10(15)16/h8-9H,1-7H2,(H,15,16)(H2,12,18,19)(H2,13,14,17). The van der Waals surface area contributed by atoms with Crippen LogP contribution in [0.15, 0.2) is 0 Å². The Kier molecular flexibility index (Phi) is 6.21. The van der Waals surface area contributed by atoms with Crippen LogP contribution in [0.2, 0.25) is 0 Å². The molecule has 0 heterocycles. The summed E-state index contributed by atoms with van der Waals surface area (Å²) >= 11 is 0. The van der Waals surface area contributed by atoms with Gasteiger partial charge < -0.3 is 15.7 Å². The third-order valence-corrected chi connectivity index (χ3v) is 4.15. The number of hydrogen-bond acceptors (Lipinski definition) is 4. The molecule has 0 aromatic rings. The Morgan fingerprint density at radius 2 is 1.90 bits per heavy atom. The van der Waals surface area contributed by atoms with Crippen molar-refractivity contribution in [3.05, 3.63) is 0 Å². The third kappa shape index (κ3) is 6.20. The topological polar surface area (TPSA) is 139 Å². The van der Waals surface area contributed by atoms with Gasteiger partial charge in [0.15, 0.2) is 0 Å². The van der Waals surface area contributed by atoms with Crippen LogP contribution >= 0.6 is 0 Å². The van der Waals surface area contributed by atoms with E-state index in [1.54, 1.807) is 0 Å². The Morgan fingerprint density at radius 3 is 2.50 bits per heavy atom.